The van der Waals surface area contributed by atoms with E-state index in [0.29, 0.717) is 0 Å². The summed E-state index contributed by atoms with van der Waals surface area (Å²) in [6, 6.07) is 0. The molecule has 0 bridgehead atoms. The molecule has 0 saturated carbocycles. The van der Waals surface area contributed by atoms with E-state index in [1.807, 2.05) is 0 Å². The van der Waals surface area contributed by atoms with Gasteiger partial charge in [0.05, 0.1) is 6.61 Å². The maximum Gasteiger partial charge on any atom is 0.0589 e. The summed E-state index contributed by atoms with van der Waals surface area (Å²) in [4.78, 5) is 4.75. The largest absolute Gasteiger partial charge is 0.383 e. The second kappa shape index (κ2) is 5.80. The molecule has 0 aromatic rings. The Morgan fingerprint density at radius 1 is 1.40 bits per heavy atom. The smallest absolute Gasteiger partial charge is 0.0589 e. The van der Waals surface area contributed by atoms with Crippen molar-refractivity contribution in [2.45, 2.75) is 18.4 Å². The van der Waals surface area contributed by atoms with Crippen molar-refractivity contribution in [1.29, 1.82) is 0 Å². The van der Waals surface area contributed by atoms with Gasteiger partial charge in [0.1, 0.15) is 0 Å². The van der Waals surface area contributed by atoms with E-state index in [-0.39, 0.29) is 5.54 Å². The molecule has 0 spiro atoms. The molecule has 2 N–H and O–H groups in total. The molecule has 0 unspecified atom stereocenters. The molecule has 1 aliphatic heterocycles. The summed E-state index contributed by atoms with van der Waals surface area (Å²) in [7, 11) is 6.09. The molecule has 0 aromatic heterocycles. The van der Waals surface area contributed by atoms with Crippen LogP contribution < -0.4 is 5.73 Å². The lowest BCUT2D eigenvalue weighted by molar-refractivity contribution is 0.0353. The molecule has 0 amide bonds. The van der Waals surface area contributed by atoms with Crippen LogP contribution in [0.4, 0.5) is 0 Å². The first kappa shape index (κ1) is 12.9. The van der Waals surface area contributed by atoms with Crippen molar-refractivity contribution in [3.05, 3.63) is 0 Å². The Hall–Kier alpha value is -0.160. The van der Waals surface area contributed by atoms with Crippen molar-refractivity contribution in [2.24, 2.45) is 5.73 Å². The minimum Gasteiger partial charge on any atom is -0.383 e. The second-order valence-electron chi connectivity index (χ2n) is 4.65. The highest BCUT2D eigenvalue weighted by atomic mass is 16.5. The number of methoxy groups -OCH3 is 1. The first-order valence-electron chi connectivity index (χ1n) is 5.73. The van der Waals surface area contributed by atoms with E-state index in [1.54, 1.807) is 7.11 Å². The van der Waals surface area contributed by atoms with Gasteiger partial charge in [-0.2, -0.15) is 0 Å². The van der Waals surface area contributed by atoms with Gasteiger partial charge in [0.2, 0.25) is 0 Å². The van der Waals surface area contributed by atoms with Crippen molar-refractivity contribution >= 4 is 0 Å². The highest BCUT2D eigenvalue weighted by Gasteiger charge is 2.35. The van der Waals surface area contributed by atoms with Gasteiger partial charge in [-0.15, -0.1) is 0 Å². The van der Waals surface area contributed by atoms with Crippen LogP contribution in [0.2, 0.25) is 0 Å². The SMILES string of the molecule is COCCN(C)C1(CN)CCN(C)CC1. The fourth-order valence-electron chi connectivity index (χ4n) is 2.24. The van der Waals surface area contributed by atoms with Gasteiger partial charge in [-0.3, -0.25) is 4.90 Å². The molecule has 4 heteroatoms. The third kappa shape index (κ3) is 3.14. The van der Waals surface area contributed by atoms with Crippen LogP contribution in [-0.4, -0.2) is 69.3 Å². The molecule has 1 saturated heterocycles. The van der Waals surface area contributed by atoms with Gasteiger partial charge < -0.3 is 15.4 Å². The van der Waals surface area contributed by atoms with Crippen molar-refractivity contribution in [3.8, 4) is 0 Å². The van der Waals surface area contributed by atoms with Crippen LogP contribution in [0.3, 0.4) is 0 Å². The van der Waals surface area contributed by atoms with E-state index < -0.39 is 0 Å². The first-order valence-corrected chi connectivity index (χ1v) is 5.73. The Kier molecular flexibility index (Phi) is 4.99. The molecule has 1 heterocycles. The number of ether oxygens (including phenoxy) is 1. The number of nitrogens with zero attached hydrogens (tertiary/aromatic N) is 2. The van der Waals surface area contributed by atoms with Crippen LogP contribution >= 0.6 is 0 Å². The summed E-state index contributed by atoms with van der Waals surface area (Å²) < 4.78 is 5.12. The summed E-state index contributed by atoms with van der Waals surface area (Å²) >= 11 is 0. The fraction of sp³-hybridized carbons (Fsp3) is 1.00. The second-order valence-corrected chi connectivity index (χ2v) is 4.65. The Morgan fingerprint density at radius 2 is 2.00 bits per heavy atom. The van der Waals surface area contributed by atoms with Gasteiger partial charge in [-0.1, -0.05) is 0 Å². The minimum atomic E-state index is 0.199. The number of hydrogen-bond acceptors (Lipinski definition) is 4. The first-order chi connectivity index (χ1) is 7.14. The van der Waals surface area contributed by atoms with Crippen LogP contribution in [0.5, 0.6) is 0 Å². The summed E-state index contributed by atoms with van der Waals surface area (Å²) in [5.74, 6) is 0. The Balaban J connectivity index is 2.51. The number of likely N-dealkylation sites (tertiary alicyclic amines) is 1. The molecule has 4 nitrogen and oxygen atoms in total. The predicted octanol–water partition coefficient (Wildman–Crippen LogP) is -0.0123. The number of likely N-dealkylation sites (N-methyl/N-ethyl adjacent to an activating group) is 1. The van der Waals surface area contributed by atoms with Crippen molar-refractivity contribution < 1.29 is 4.74 Å². The van der Waals surface area contributed by atoms with Crippen LogP contribution in [0.1, 0.15) is 12.8 Å². The average Bonchev–Trinajstić information content (AvgIpc) is 2.27. The van der Waals surface area contributed by atoms with Crippen LogP contribution in [0, 0.1) is 0 Å². The average molecular weight is 215 g/mol. The maximum atomic E-state index is 5.96. The fourth-order valence-corrected chi connectivity index (χ4v) is 2.24. The van der Waals surface area contributed by atoms with Crippen LogP contribution in [0.25, 0.3) is 0 Å². The molecule has 0 aliphatic carbocycles. The molecule has 1 fully saturated rings. The van der Waals surface area contributed by atoms with Crippen molar-refractivity contribution in [2.75, 3.05) is 54.0 Å². The van der Waals surface area contributed by atoms with Gasteiger partial charge in [0.15, 0.2) is 0 Å². The maximum absolute atomic E-state index is 5.96. The van der Waals surface area contributed by atoms with Crippen molar-refractivity contribution in [3.63, 3.8) is 0 Å². The number of rotatable bonds is 5. The van der Waals surface area contributed by atoms with E-state index in [2.05, 4.69) is 23.9 Å². The summed E-state index contributed by atoms with van der Waals surface area (Å²) in [6.45, 7) is 4.80. The lowest BCUT2D eigenvalue weighted by atomic mass is 9.86. The van der Waals surface area contributed by atoms with Gasteiger partial charge in [-0.05, 0) is 40.0 Å². The molecule has 0 radical (unpaired) electrons. The molecule has 0 aromatic carbocycles. The number of hydrogen-bond donors (Lipinski definition) is 1. The van der Waals surface area contributed by atoms with E-state index in [0.717, 1.165) is 32.8 Å². The zero-order valence-corrected chi connectivity index (χ0v) is 10.3. The molecular weight excluding hydrogens is 190 g/mol. The predicted molar refractivity (Wildman–Crippen MR) is 63.0 cm³/mol. The zero-order valence-electron chi connectivity index (χ0n) is 10.3. The molecule has 1 aliphatic rings. The van der Waals surface area contributed by atoms with E-state index >= 15 is 0 Å². The summed E-state index contributed by atoms with van der Waals surface area (Å²) in [5.41, 5.74) is 6.15. The van der Waals surface area contributed by atoms with E-state index in [9.17, 15) is 0 Å². The van der Waals surface area contributed by atoms with Crippen LogP contribution in [0.15, 0.2) is 0 Å². The number of piperidine rings is 1. The molecular formula is C11H25N3O. The highest BCUT2D eigenvalue weighted by molar-refractivity contribution is 4.94. The van der Waals surface area contributed by atoms with E-state index in [1.165, 1.54) is 12.8 Å². The standard InChI is InChI=1S/C11H25N3O/c1-13-6-4-11(10-12,5-7-13)14(2)8-9-15-3/h4-10,12H2,1-3H3. The Bertz CT molecular complexity index is 179. The van der Waals surface area contributed by atoms with Gasteiger partial charge in [0, 0.05) is 25.7 Å². The zero-order chi connectivity index (χ0) is 11.3. The van der Waals surface area contributed by atoms with E-state index in [4.69, 9.17) is 10.5 Å². The third-order valence-electron chi connectivity index (χ3n) is 3.74. The summed E-state index contributed by atoms with van der Waals surface area (Å²) in [6.07, 6.45) is 2.33. The Labute approximate surface area is 93.4 Å². The molecule has 90 valence electrons. The normalized spacial score (nSPS) is 22.2. The van der Waals surface area contributed by atoms with Crippen molar-refractivity contribution in [1.82, 2.24) is 9.80 Å². The lowest BCUT2D eigenvalue weighted by Crippen LogP contribution is -2.58. The molecule has 1 rings (SSSR count). The van der Waals surface area contributed by atoms with Crippen LogP contribution in [-0.2, 0) is 4.74 Å². The summed E-state index contributed by atoms with van der Waals surface area (Å²) in [5, 5.41) is 0. The van der Waals surface area contributed by atoms with Gasteiger partial charge in [0.25, 0.3) is 0 Å². The minimum absolute atomic E-state index is 0.199. The quantitative estimate of drug-likeness (QED) is 0.700. The lowest BCUT2D eigenvalue weighted by Gasteiger charge is -2.46. The monoisotopic (exact) mass is 215 g/mol. The Morgan fingerprint density at radius 3 is 2.47 bits per heavy atom. The highest BCUT2D eigenvalue weighted by Crippen LogP contribution is 2.26. The third-order valence-corrected chi connectivity index (χ3v) is 3.74. The van der Waals surface area contributed by atoms with Gasteiger partial charge in [-0.25, -0.2) is 0 Å². The van der Waals surface area contributed by atoms with Gasteiger partial charge >= 0.3 is 0 Å². The topological polar surface area (TPSA) is 41.7 Å². The molecule has 0 atom stereocenters. The number of nitrogens with two attached hydrogens (primary N) is 1. The molecule has 15 heavy (non-hydrogen) atoms.